The zero-order valence-electron chi connectivity index (χ0n) is 13.8. The Morgan fingerprint density at radius 2 is 1.79 bits per heavy atom. The lowest BCUT2D eigenvalue weighted by atomic mass is 10.1. The third kappa shape index (κ3) is 3.39. The van der Waals surface area contributed by atoms with Gasteiger partial charge in [0.15, 0.2) is 17.2 Å². The lowest BCUT2D eigenvalue weighted by Gasteiger charge is -2.21. The molecule has 0 N–H and O–H groups in total. The van der Waals surface area contributed by atoms with Crippen molar-refractivity contribution in [3.05, 3.63) is 41.1 Å². The summed E-state index contributed by atoms with van der Waals surface area (Å²) in [6.07, 6.45) is 1.54. The molecule has 1 aliphatic rings. The number of fused-ring (bicyclic) bond motifs is 1. The van der Waals surface area contributed by atoms with Crippen molar-refractivity contribution >= 4 is 17.6 Å². The standard InChI is InChI=1S/C17H19F2NO4/c1-4-23-16(21)12(17(22)24-5-2)9-20-10(3)8-11-14(20)7-6-13(18)15(11)19/h6-7,9-10H,4-5,8H2,1-3H3. The van der Waals surface area contributed by atoms with Gasteiger partial charge in [-0.05, 0) is 39.3 Å². The molecule has 130 valence electrons. The van der Waals surface area contributed by atoms with Crippen LogP contribution in [0.4, 0.5) is 14.5 Å². The summed E-state index contributed by atoms with van der Waals surface area (Å²) in [5, 5.41) is 0. The lowest BCUT2D eigenvalue weighted by molar-refractivity contribution is -0.146. The zero-order valence-corrected chi connectivity index (χ0v) is 13.8. The van der Waals surface area contributed by atoms with Gasteiger partial charge in [0.1, 0.15) is 0 Å². The molecular weight excluding hydrogens is 320 g/mol. The Kier molecular flexibility index (Phi) is 5.54. The largest absolute Gasteiger partial charge is 0.462 e. The Morgan fingerprint density at radius 3 is 2.33 bits per heavy atom. The number of halogens is 2. The van der Waals surface area contributed by atoms with Crippen LogP contribution in [-0.2, 0) is 25.5 Å². The van der Waals surface area contributed by atoms with Crippen LogP contribution in [0.5, 0.6) is 0 Å². The number of hydrogen-bond acceptors (Lipinski definition) is 5. The first-order valence-corrected chi connectivity index (χ1v) is 7.71. The minimum atomic E-state index is -0.928. The smallest absolute Gasteiger partial charge is 0.347 e. The summed E-state index contributed by atoms with van der Waals surface area (Å²) in [7, 11) is 0. The fourth-order valence-corrected chi connectivity index (χ4v) is 2.59. The number of esters is 2. The van der Waals surface area contributed by atoms with Crippen LogP contribution in [0.2, 0.25) is 0 Å². The number of hydrogen-bond donors (Lipinski definition) is 0. The average Bonchev–Trinajstić information content (AvgIpc) is 2.85. The van der Waals surface area contributed by atoms with E-state index >= 15 is 0 Å². The van der Waals surface area contributed by atoms with Crippen LogP contribution in [0, 0.1) is 11.6 Å². The summed E-state index contributed by atoms with van der Waals surface area (Å²) < 4.78 is 37.1. The Bertz CT molecular complexity index is 667. The van der Waals surface area contributed by atoms with Gasteiger partial charge in [0.05, 0.1) is 13.2 Å². The van der Waals surface area contributed by atoms with E-state index in [1.807, 2.05) is 0 Å². The third-order valence-corrected chi connectivity index (χ3v) is 3.68. The predicted molar refractivity (Wildman–Crippen MR) is 83.4 cm³/mol. The summed E-state index contributed by atoms with van der Waals surface area (Å²) in [4.78, 5) is 25.6. The van der Waals surface area contributed by atoms with E-state index in [1.165, 1.54) is 12.3 Å². The van der Waals surface area contributed by atoms with Crippen molar-refractivity contribution in [3.63, 3.8) is 0 Å². The van der Waals surface area contributed by atoms with E-state index in [-0.39, 0.29) is 36.8 Å². The van der Waals surface area contributed by atoms with E-state index in [9.17, 15) is 18.4 Å². The van der Waals surface area contributed by atoms with E-state index in [0.717, 1.165) is 6.07 Å². The van der Waals surface area contributed by atoms with Gasteiger partial charge >= 0.3 is 11.9 Å². The van der Waals surface area contributed by atoms with Crippen molar-refractivity contribution in [2.75, 3.05) is 18.1 Å². The summed E-state index contributed by atoms with van der Waals surface area (Å²) in [5.41, 5.74) is 0.335. The van der Waals surface area contributed by atoms with Crippen LogP contribution in [0.3, 0.4) is 0 Å². The van der Waals surface area contributed by atoms with Gasteiger partial charge in [-0.3, -0.25) is 0 Å². The van der Waals surface area contributed by atoms with Crippen LogP contribution in [0.15, 0.2) is 23.9 Å². The number of benzene rings is 1. The molecule has 0 radical (unpaired) electrons. The summed E-state index contributed by atoms with van der Waals surface area (Å²) in [5.74, 6) is -3.48. The van der Waals surface area contributed by atoms with Crippen LogP contribution in [-0.4, -0.2) is 31.2 Å². The number of rotatable bonds is 5. The van der Waals surface area contributed by atoms with Crippen LogP contribution >= 0.6 is 0 Å². The quantitative estimate of drug-likeness (QED) is 0.357. The molecule has 0 saturated carbocycles. The molecule has 0 fully saturated rings. The van der Waals surface area contributed by atoms with Crippen molar-refractivity contribution in [1.82, 2.24) is 0 Å². The Balaban J connectivity index is 2.44. The first-order valence-electron chi connectivity index (χ1n) is 7.71. The fraction of sp³-hybridized carbons (Fsp3) is 0.412. The number of carbonyl (C=O) groups is 2. The number of carbonyl (C=O) groups excluding carboxylic acids is 2. The first kappa shape index (κ1) is 17.9. The molecule has 0 aromatic heterocycles. The monoisotopic (exact) mass is 339 g/mol. The van der Waals surface area contributed by atoms with E-state index in [0.29, 0.717) is 5.69 Å². The predicted octanol–water partition coefficient (Wildman–Crippen LogP) is 2.73. The van der Waals surface area contributed by atoms with Crippen molar-refractivity contribution in [2.24, 2.45) is 0 Å². The molecule has 0 amide bonds. The molecule has 1 unspecified atom stereocenters. The molecule has 1 atom stereocenters. The van der Waals surface area contributed by atoms with Crippen molar-refractivity contribution in [1.29, 1.82) is 0 Å². The highest BCUT2D eigenvalue weighted by molar-refractivity contribution is 6.14. The topological polar surface area (TPSA) is 55.8 Å². The van der Waals surface area contributed by atoms with Crippen molar-refractivity contribution < 1.29 is 27.8 Å². The molecule has 2 rings (SSSR count). The van der Waals surface area contributed by atoms with Gasteiger partial charge in [-0.15, -0.1) is 0 Å². The van der Waals surface area contributed by atoms with Crippen LogP contribution < -0.4 is 4.90 Å². The third-order valence-electron chi connectivity index (χ3n) is 3.68. The molecule has 0 bridgehead atoms. The van der Waals surface area contributed by atoms with Gasteiger partial charge in [0, 0.05) is 23.5 Å². The maximum absolute atomic E-state index is 13.9. The van der Waals surface area contributed by atoms with Gasteiger partial charge in [-0.25, -0.2) is 18.4 Å². The molecular formula is C17H19F2NO4. The first-order chi connectivity index (χ1) is 11.4. The Morgan fingerprint density at radius 1 is 1.21 bits per heavy atom. The maximum atomic E-state index is 13.9. The molecule has 1 aliphatic heterocycles. The molecule has 0 aliphatic carbocycles. The molecule has 5 nitrogen and oxygen atoms in total. The lowest BCUT2D eigenvalue weighted by Crippen LogP contribution is -2.28. The molecule has 1 aromatic carbocycles. The SMILES string of the molecule is CCOC(=O)C(=CN1c2ccc(F)c(F)c2CC1C)C(=O)OCC. The van der Waals surface area contributed by atoms with Gasteiger partial charge in [0.25, 0.3) is 0 Å². The van der Waals surface area contributed by atoms with E-state index in [2.05, 4.69) is 0 Å². The van der Waals surface area contributed by atoms with Gasteiger partial charge in [0.2, 0.25) is 0 Å². The number of nitrogens with zero attached hydrogens (tertiary/aromatic N) is 1. The molecule has 24 heavy (non-hydrogen) atoms. The van der Waals surface area contributed by atoms with Crippen LogP contribution in [0.1, 0.15) is 26.3 Å². The second kappa shape index (κ2) is 7.42. The van der Waals surface area contributed by atoms with Gasteiger partial charge in [-0.1, -0.05) is 0 Å². The molecule has 1 heterocycles. The minimum Gasteiger partial charge on any atom is -0.462 e. The van der Waals surface area contributed by atoms with E-state index in [4.69, 9.17) is 9.47 Å². The van der Waals surface area contributed by atoms with E-state index in [1.54, 1.807) is 25.7 Å². The second-order valence-corrected chi connectivity index (χ2v) is 5.30. The van der Waals surface area contributed by atoms with Crippen molar-refractivity contribution in [3.8, 4) is 0 Å². The Labute approximate surface area is 138 Å². The highest BCUT2D eigenvalue weighted by Crippen LogP contribution is 2.35. The van der Waals surface area contributed by atoms with Crippen molar-refractivity contribution in [2.45, 2.75) is 33.2 Å². The molecule has 7 heteroatoms. The number of ether oxygens (including phenoxy) is 2. The number of anilines is 1. The highest BCUT2D eigenvalue weighted by atomic mass is 19.2. The normalized spacial score (nSPS) is 15.7. The maximum Gasteiger partial charge on any atom is 0.347 e. The highest BCUT2D eigenvalue weighted by Gasteiger charge is 2.31. The molecule has 0 spiro atoms. The summed E-state index contributed by atoms with van der Waals surface area (Å²) in [6, 6.07) is 2.18. The van der Waals surface area contributed by atoms with Gasteiger partial charge in [-0.2, -0.15) is 0 Å². The van der Waals surface area contributed by atoms with Crippen LogP contribution in [0.25, 0.3) is 0 Å². The minimum absolute atomic E-state index is 0.0988. The second-order valence-electron chi connectivity index (χ2n) is 5.30. The Hall–Kier alpha value is -2.44. The summed E-state index contributed by atoms with van der Waals surface area (Å²) in [6.45, 7) is 5.21. The van der Waals surface area contributed by atoms with E-state index < -0.39 is 23.6 Å². The molecule has 1 aromatic rings. The molecule has 0 saturated heterocycles. The summed E-state index contributed by atoms with van der Waals surface area (Å²) >= 11 is 0. The average molecular weight is 339 g/mol. The van der Waals surface area contributed by atoms with Gasteiger partial charge < -0.3 is 14.4 Å². The zero-order chi connectivity index (χ0) is 17.9. The fourth-order valence-electron chi connectivity index (χ4n) is 2.59.